The highest BCUT2D eigenvalue weighted by Crippen LogP contribution is 2.39. The van der Waals surface area contributed by atoms with Crippen molar-refractivity contribution in [3.8, 4) is 0 Å². The zero-order valence-corrected chi connectivity index (χ0v) is 16.9. The topological polar surface area (TPSA) is 67.4 Å². The number of rotatable bonds is 6. The average Bonchev–Trinajstić information content (AvgIpc) is 3.57. The van der Waals surface area contributed by atoms with E-state index in [2.05, 4.69) is 30.1 Å². The predicted octanol–water partition coefficient (Wildman–Crippen LogP) is 3.91. The third-order valence-corrected chi connectivity index (χ3v) is 5.64. The van der Waals surface area contributed by atoms with Crippen LogP contribution in [0.1, 0.15) is 66.3 Å². The van der Waals surface area contributed by atoms with Crippen molar-refractivity contribution < 1.29 is 9.53 Å². The van der Waals surface area contributed by atoms with E-state index in [1.165, 1.54) is 31.1 Å². The van der Waals surface area contributed by atoms with Crippen LogP contribution in [0.5, 0.6) is 0 Å². The van der Waals surface area contributed by atoms with Crippen LogP contribution in [-0.4, -0.2) is 35.6 Å². The van der Waals surface area contributed by atoms with Gasteiger partial charge in [-0.3, -0.25) is 0 Å². The molecule has 148 valence electrons. The fourth-order valence-corrected chi connectivity index (χ4v) is 3.56. The number of carbonyl (C=O) groups excluding carboxylic acids is 1. The number of aromatic nitrogens is 2. The van der Waals surface area contributed by atoms with E-state index >= 15 is 0 Å². The molecule has 0 spiro atoms. The van der Waals surface area contributed by atoms with Gasteiger partial charge in [0.1, 0.15) is 17.5 Å². The molecule has 0 bridgehead atoms. The average molecular weight is 380 g/mol. The molecule has 0 saturated heterocycles. The summed E-state index contributed by atoms with van der Waals surface area (Å²) in [4.78, 5) is 23.7. The van der Waals surface area contributed by atoms with Gasteiger partial charge in [-0.1, -0.05) is 13.0 Å². The fraction of sp³-hybridized carbons (Fsp3) is 0.500. The zero-order valence-electron chi connectivity index (χ0n) is 16.9. The number of carbonyl (C=O) groups is 1. The van der Waals surface area contributed by atoms with Gasteiger partial charge >= 0.3 is 5.97 Å². The largest absolute Gasteiger partial charge is 0.465 e. The van der Waals surface area contributed by atoms with Crippen molar-refractivity contribution >= 4 is 17.6 Å². The minimum atomic E-state index is -0.282. The van der Waals surface area contributed by atoms with E-state index in [0.717, 1.165) is 43.4 Å². The number of esters is 1. The summed E-state index contributed by atoms with van der Waals surface area (Å²) in [5.74, 6) is 3.11. The normalized spacial score (nSPS) is 17.0. The van der Waals surface area contributed by atoms with E-state index in [1.54, 1.807) is 0 Å². The Morgan fingerprint density at radius 2 is 2.11 bits per heavy atom. The number of ether oxygens (including phenoxy) is 1. The number of hydrogen-bond acceptors (Lipinski definition) is 6. The van der Waals surface area contributed by atoms with Gasteiger partial charge in [0, 0.05) is 31.1 Å². The third kappa shape index (κ3) is 3.96. The lowest BCUT2D eigenvalue weighted by molar-refractivity contribution is 0.0600. The summed E-state index contributed by atoms with van der Waals surface area (Å²) in [6.07, 6.45) is 4.31. The maximum atomic E-state index is 11.8. The first-order chi connectivity index (χ1) is 13.6. The molecule has 0 amide bonds. The van der Waals surface area contributed by atoms with Crippen molar-refractivity contribution in [2.75, 3.05) is 23.9 Å². The summed E-state index contributed by atoms with van der Waals surface area (Å²) in [6, 6.07) is 8.30. The van der Waals surface area contributed by atoms with Crippen LogP contribution in [0.2, 0.25) is 0 Å². The number of fused-ring (bicyclic) bond motifs is 1. The number of anilines is 2. The summed E-state index contributed by atoms with van der Waals surface area (Å²) in [5.41, 5.74) is 3.07. The Hall–Kier alpha value is -2.63. The smallest absolute Gasteiger partial charge is 0.337 e. The van der Waals surface area contributed by atoms with Gasteiger partial charge in [0.25, 0.3) is 0 Å². The Balaban J connectivity index is 1.58. The molecule has 1 N–H and O–H groups in total. The molecule has 4 rings (SSSR count). The molecule has 1 saturated carbocycles. The summed E-state index contributed by atoms with van der Waals surface area (Å²) < 4.78 is 4.84. The molecule has 0 unspecified atom stereocenters. The van der Waals surface area contributed by atoms with Crippen molar-refractivity contribution in [2.24, 2.45) is 0 Å². The molecule has 6 nitrogen and oxygen atoms in total. The summed E-state index contributed by atoms with van der Waals surface area (Å²) in [5, 5.41) is 3.51. The van der Waals surface area contributed by atoms with E-state index in [1.807, 2.05) is 18.2 Å². The molecule has 1 aliphatic carbocycles. The first kappa shape index (κ1) is 18.7. The highest BCUT2D eigenvalue weighted by atomic mass is 16.5. The van der Waals surface area contributed by atoms with Gasteiger partial charge < -0.3 is 15.0 Å². The molecule has 2 aromatic rings. The van der Waals surface area contributed by atoms with Gasteiger partial charge in [0.05, 0.1) is 12.7 Å². The second-order valence-corrected chi connectivity index (χ2v) is 7.84. The zero-order chi connectivity index (χ0) is 19.7. The van der Waals surface area contributed by atoms with Gasteiger partial charge in [-0.15, -0.1) is 0 Å². The molecule has 1 aliphatic heterocycles. The molecule has 0 radical (unpaired) electrons. The molecule has 1 atom stereocenters. The second kappa shape index (κ2) is 7.78. The van der Waals surface area contributed by atoms with Crippen LogP contribution >= 0.6 is 0 Å². The Morgan fingerprint density at radius 1 is 1.29 bits per heavy atom. The van der Waals surface area contributed by atoms with Crippen LogP contribution in [-0.2, 0) is 17.7 Å². The SMILES string of the molecule is CC[C@H](C)Nc1cc(N2CCc3cc(C(=O)OC)ccc3C2)nc(C2CC2)n1. The van der Waals surface area contributed by atoms with Crippen LogP contribution in [0.25, 0.3) is 0 Å². The van der Waals surface area contributed by atoms with Crippen LogP contribution < -0.4 is 10.2 Å². The van der Waals surface area contributed by atoms with Gasteiger partial charge in [-0.25, -0.2) is 14.8 Å². The highest BCUT2D eigenvalue weighted by Gasteiger charge is 2.29. The Morgan fingerprint density at radius 3 is 2.82 bits per heavy atom. The maximum Gasteiger partial charge on any atom is 0.337 e. The monoisotopic (exact) mass is 380 g/mol. The Bertz CT molecular complexity index is 879. The van der Waals surface area contributed by atoms with Gasteiger partial charge in [-0.05, 0) is 55.9 Å². The second-order valence-electron chi connectivity index (χ2n) is 7.84. The van der Waals surface area contributed by atoms with Crippen LogP contribution in [0.15, 0.2) is 24.3 Å². The fourth-order valence-electron chi connectivity index (χ4n) is 3.56. The first-order valence-corrected chi connectivity index (χ1v) is 10.2. The lowest BCUT2D eigenvalue weighted by Gasteiger charge is -2.30. The van der Waals surface area contributed by atoms with E-state index in [-0.39, 0.29) is 5.97 Å². The Labute approximate surface area is 166 Å². The summed E-state index contributed by atoms with van der Waals surface area (Å²) >= 11 is 0. The van der Waals surface area contributed by atoms with Crippen molar-refractivity contribution in [2.45, 2.75) is 58.0 Å². The number of nitrogens with one attached hydrogen (secondary N) is 1. The number of hydrogen-bond donors (Lipinski definition) is 1. The quantitative estimate of drug-likeness (QED) is 0.767. The molecule has 1 aromatic heterocycles. The lowest BCUT2D eigenvalue weighted by atomic mass is 9.97. The van der Waals surface area contributed by atoms with Crippen molar-refractivity contribution in [3.05, 3.63) is 46.8 Å². The van der Waals surface area contributed by atoms with Crippen molar-refractivity contribution in [1.29, 1.82) is 0 Å². The molecular formula is C22H28N4O2. The number of nitrogens with zero attached hydrogens (tertiary/aromatic N) is 3. The maximum absolute atomic E-state index is 11.8. The van der Waals surface area contributed by atoms with Crippen LogP contribution in [0, 0.1) is 0 Å². The van der Waals surface area contributed by atoms with E-state index in [0.29, 0.717) is 17.5 Å². The number of methoxy groups -OCH3 is 1. The highest BCUT2D eigenvalue weighted by molar-refractivity contribution is 5.89. The first-order valence-electron chi connectivity index (χ1n) is 10.2. The van der Waals surface area contributed by atoms with Crippen LogP contribution in [0.4, 0.5) is 11.6 Å². The van der Waals surface area contributed by atoms with Crippen LogP contribution in [0.3, 0.4) is 0 Å². The molecule has 2 heterocycles. The lowest BCUT2D eigenvalue weighted by Crippen LogP contribution is -2.31. The van der Waals surface area contributed by atoms with Gasteiger partial charge in [0.15, 0.2) is 0 Å². The minimum Gasteiger partial charge on any atom is -0.465 e. The molecule has 6 heteroatoms. The number of benzene rings is 1. The third-order valence-electron chi connectivity index (χ3n) is 5.64. The van der Waals surface area contributed by atoms with Gasteiger partial charge in [-0.2, -0.15) is 0 Å². The predicted molar refractivity (Wildman–Crippen MR) is 110 cm³/mol. The van der Waals surface area contributed by atoms with E-state index in [9.17, 15) is 4.79 Å². The molecule has 2 aliphatic rings. The molecule has 28 heavy (non-hydrogen) atoms. The molecule has 1 fully saturated rings. The Kier molecular flexibility index (Phi) is 5.20. The van der Waals surface area contributed by atoms with E-state index < -0.39 is 0 Å². The van der Waals surface area contributed by atoms with Crippen molar-refractivity contribution in [1.82, 2.24) is 9.97 Å². The molecular weight excluding hydrogens is 352 g/mol. The van der Waals surface area contributed by atoms with Gasteiger partial charge in [0.2, 0.25) is 0 Å². The van der Waals surface area contributed by atoms with E-state index in [4.69, 9.17) is 14.7 Å². The van der Waals surface area contributed by atoms with Crippen molar-refractivity contribution in [3.63, 3.8) is 0 Å². The summed E-state index contributed by atoms with van der Waals surface area (Å²) in [6.45, 7) is 6.02. The standard InChI is InChI=1S/C22H28N4O2/c1-4-14(2)23-19-12-20(25-21(24-19)15-5-6-15)26-10-9-16-11-17(22(27)28-3)7-8-18(16)13-26/h7-8,11-12,14-15H,4-6,9-10,13H2,1-3H3,(H,23,24,25)/t14-/m0/s1. The minimum absolute atomic E-state index is 0.282. The molecule has 1 aromatic carbocycles. The summed E-state index contributed by atoms with van der Waals surface area (Å²) in [7, 11) is 1.42.